The molecular formula is C11H12N3S. The van der Waals surface area contributed by atoms with Crippen molar-refractivity contribution in [1.82, 2.24) is 10.2 Å². The summed E-state index contributed by atoms with van der Waals surface area (Å²) in [7, 11) is 0. The first-order valence-electron chi connectivity index (χ1n) is 5.05. The van der Waals surface area contributed by atoms with Gasteiger partial charge in [0.25, 0.3) is 0 Å². The summed E-state index contributed by atoms with van der Waals surface area (Å²) in [6, 6.07) is 6.46. The van der Waals surface area contributed by atoms with Crippen molar-refractivity contribution in [3.8, 4) is 0 Å². The number of aromatic nitrogens is 2. The van der Waals surface area contributed by atoms with Crippen molar-refractivity contribution >= 4 is 28.4 Å². The van der Waals surface area contributed by atoms with Gasteiger partial charge in [-0.3, -0.25) is 5.10 Å². The average Bonchev–Trinajstić information content (AvgIpc) is 2.77. The zero-order valence-electron chi connectivity index (χ0n) is 8.31. The Morgan fingerprint density at radius 1 is 1.40 bits per heavy atom. The predicted molar refractivity (Wildman–Crippen MR) is 65.1 cm³/mol. The second-order valence-electron chi connectivity index (χ2n) is 3.63. The highest BCUT2D eigenvalue weighted by Gasteiger charge is 2.11. The minimum absolute atomic E-state index is 1.03. The summed E-state index contributed by atoms with van der Waals surface area (Å²) in [5.74, 6) is 3.45. The second kappa shape index (κ2) is 3.77. The van der Waals surface area contributed by atoms with Gasteiger partial charge in [-0.05, 0) is 18.2 Å². The van der Waals surface area contributed by atoms with Crippen molar-refractivity contribution < 1.29 is 0 Å². The number of nitrogens with zero attached hydrogens (tertiary/aromatic N) is 2. The molecule has 0 bridgehead atoms. The fourth-order valence-electron chi connectivity index (χ4n) is 1.84. The lowest BCUT2D eigenvalue weighted by atomic mass is 10.2. The van der Waals surface area contributed by atoms with E-state index < -0.39 is 0 Å². The smallest absolute Gasteiger partial charge is 0.0670 e. The number of anilines is 1. The molecule has 0 atom stereocenters. The van der Waals surface area contributed by atoms with Gasteiger partial charge in [0.05, 0.1) is 11.7 Å². The largest absolute Gasteiger partial charge is 0.369 e. The van der Waals surface area contributed by atoms with E-state index in [1.54, 1.807) is 0 Å². The summed E-state index contributed by atoms with van der Waals surface area (Å²) >= 11 is 1.91. The van der Waals surface area contributed by atoms with Gasteiger partial charge in [0.1, 0.15) is 0 Å². The maximum Gasteiger partial charge on any atom is 0.0670 e. The third-order valence-electron chi connectivity index (χ3n) is 2.68. The van der Waals surface area contributed by atoms with Crippen LogP contribution in [0.25, 0.3) is 10.9 Å². The van der Waals surface area contributed by atoms with Crippen molar-refractivity contribution in [2.75, 3.05) is 23.7 Å². The van der Waals surface area contributed by atoms with Crippen molar-refractivity contribution in [2.45, 2.75) is 0 Å². The lowest BCUT2D eigenvalue weighted by Gasteiger charge is -2.28. The molecule has 1 aliphatic heterocycles. The SMILES string of the molecule is [CH]1CN(c2ccc3cn[nH]c3c2)CCS1. The summed E-state index contributed by atoms with van der Waals surface area (Å²) < 4.78 is 0. The van der Waals surface area contributed by atoms with Gasteiger partial charge >= 0.3 is 0 Å². The van der Waals surface area contributed by atoms with E-state index in [0.29, 0.717) is 0 Å². The Morgan fingerprint density at radius 3 is 3.27 bits per heavy atom. The summed E-state index contributed by atoms with van der Waals surface area (Å²) in [6.45, 7) is 2.16. The van der Waals surface area contributed by atoms with Crippen LogP contribution in [0, 0.1) is 5.75 Å². The molecule has 4 heteroatoms. The first-order chi connectivity index (χ1) is 7.43. The van der Waals surface area contributed by atoms with E-state index in [4.69, 9.17) is 0 Å². The highest BCUT2D eigenvalue weighted by atomic mass is 32.2. The van der Waals surface area contributed by atoms with Gasteiger partial charge in [-0.25, -0.2) is 0 Å². The average molecular weight is 218 g/mol. The Hall–Kier alpha value is -1.16. The van der Waals surface area contributed by atoms with Crippen molar-refractivity contribution in [2.24, 2.45) is 0 Å². The zero-order chi connectivity index (χ0) is 10.1. The van der Waals surface area contributed by atoms with Gasteiger partial charge in [-0.1, -0.05) is 0 Å². The molecule has 1 aromatic heterocycles. The molecule has 1 aromatic carbocycles. The molecule has 1 saturated heterocycles. The third kappa shape index (κ3) is 1.69. The highest BCUT2D eigenvalue weighted by Crippen LogP contribution is 2.24. The molecule has 1 N–H and O–H groups in total. The van der Waals surface area contributed by atoms with E-state index >= 15 is 0 Å². The van der Waals surface area contributed by atoms with Gasteiger partial charge in [-0.15, -0.1) is 0 Å². The standard InChI is InChI=1S/C11H12N3S/c1-2-10(14-3-5-15-6-4-14)7-11-9(1)8-12-13-11/h1-2,5,7-8H,3-4,6H2,(H,12,13). The maximum atomic E-state index is 4.03. The second-order valence-corrected chi connectivity index (χ2v) is 4.70. The zero-order valence-corrected chi connectivity index (χ0v) is 9.13. The highest BCUT2D eigenvalue weighted by molar-refractivity contribution is 8.01. The monoisotopic (exact) mass is 218 g/mol. The topological polar surface area (TPSA) is 31.9 Å². The van der Waals surface area contributed by atoms with Crippen LogP contribution < -0.4 is 4.90 Å². The number of rotatable bonds is 1. The quantitative estimate of drug-likeness (QED) is 0.797. The van der Waals surface area contributed by atoms with Gasteiger partial charge in [0.15, 0.2) is 0 Å². The number of fused-ring (bicyclic) bond motifs is 1. The fourth-order valence-corrected chi connectivity index (χ4v) is 2.61. The molecule has 0 unspecified atom stereocenters. The van der Waals surface area contributed by atoms with Gasteiger partial charge in [0, 0.05) is 35.7 Å². The van der Waals surface area contributed by atoms with Crippen LogP contribution in [0.2, 0.25) is 0 Å². The van der Waals surface area contributed by atoms with Crippen molar-refractivity contribution in [3.63, 3.8) is 0 Å². The Morgan fingerprint density at radius 2 is 2.40 bits per heavy atom. The molecule has 3 nitrogen and oxygen atoms in total. The van der Waals surface area contributed by atoms with Crippen LogP contribution >= 0.6 is 11.8 Å². The first kappa shape index (κ1) is 9.09. The minimum Gasteiger partial charge on any atom is -0.369 e. The summed E-state index contributed by atoms with van der Waals surface area (Å²) in [5, 5.41) is 8.21. The summed E-state index contributed by atoms with van der Waals surface area (Å²) in [6.07, 6.45) is 1.86. The van der Waals surface area contributed by atoms with E-state index in [2.05, 4.69) is 39.0 Å². The predicted octanol–water partition coefficient (Wildman–Crippen LogP) is 2.28. The molecule has 1 aliphatic rings. The lowest BCUT2D eigenvalue weighted by molar-refractivity contribution is 0.890. The van der Waals surface area contributed by atoms with Crippen LogP contribution in [-0.2, 0) is 0 Å². The summed E-state index contributed by atoms with van der Waals surface area (Å²) in [5.41, 5.74) is 2.40. The van der Waals surface area contributed by atoms with Gasteiger partial charge in [0.2, 0.25) is 0 Å². The van der Waals surface area contributed by atoms with Gasteiger partial charge in [-0.2, -0.15) is 16.9 Å². The van der Waals surface area contributed by atoms with Gasteiger partial charge < -0.3 is 4.90 Å². The maximum absolute atomic E-state index is 4.03. The number of hydrogen-bond donors (Lipinski definition) is 1. The molecule has 3 rings (SSSR count). The van der Waals surface area contributed by atoms with E-state index in [1.807, 2.05) is 18.0 Å². The van der Waals surface area contributed by atoms with E-state index in [0.717, 1.165) is 18.6 Å². The number of aromatic amines is 1. The molecule has 77 valence electrons. The molecule has 1 radical (unpaired) electrons. The van der Waals surface area contributed by atoms with E-state index in [9.17, 15) is 0 Å². The Bertz CT molecular complexity index is 460. The molecular weight excluding hydrogens is 206 g/mol. The molecule has 2 heterocycles. The molecule has 15 heavy (non-hydrogen) atoms. The Balaban J connectivity index is 1.95. The van der Waals surface area contributed by atoms with Crippen molar-refractivity contribution in [3.05, 3.63) is 30.1 Å². The number of benzene rings is 1. The third-order valence-corrected chi connectivity index (χ3v) is 3.49. The summed E-state index contributed by atoms with van der Waals surface area (Å²) in [4.78, 5) is 2.39. The number of nitrogens with one attached hydrogen (secondary N) is 1. The molecule has 0 spiro atoms. The van der Waals surface area contributed by atoms with E-state index in [1.165, 1.54) is 16.8 Å². The number of hydrogen-bond acceptors (Lipinski definition) is 3. The minimum atomic E-state index is 1.03. The van der Waals surface area contributed by atoms with Crippen LogP contribution in [0.1, 0.15) is 0 Å². The number of H-pyrrole nitrogens is 1. The van der Waals surface area contributed by atoms with Crippen LogP contribution in [0.5, 0.6) is 0 Å². The first-order valence-corrected chi connectivity index (χ1v) is 6.10. The molecule has 0 aliphatic carbocycles. The van der Waals surface area contributed by atoms with Crippen LogP contribution in [0.15, 0.2) is 24.4 Å². The van der Waals surface area contributed by atoms with Crippen LogP contribution in [0.4, 0.5) is 5.69 Å². The molecule has 1 fully saturated rings. The van der Waals surface area contributed by atoms with E-state index in [-0.39, 0.29) is 0 Å². The normalized spacial score (nSPS) is 17.2. The Kier molecular flexibility index (Phi) is 2.29. The van der Waals surface area contributed by atoms with Crippen LogP contribution in [-0.4, -0.2) is 29.0 Å². The fraction of sp³-hybridized carbons (Fsp3) is 0.273. The molecule has 2 aromatic rings. The lowest BCUT2D eigenvalue weighted by Crippen LogP contribution is -2.30. The van der Waals surface area contributed by atoms with Crippen molar-refractivity contribution in [1.29, 1.82) is 0 Å². The van der Waals surface area contributed by atoms with Crippen LogP contribution in [0.3, 0.4) is 0 Å². The number of thioether (sulfide) groups is 1. The molecule has 0 amide bonds. The molecule has 0 saturated carbocycles. The Labute approximate surface area is 92.8 Å².